The van der Waals surface area contributed by atoms with E-state index in [1.54, 1.807) is 19.2 Å². The third-order valence-corrected chi connectivity index (χ3v) is 3.14. The van der Waals surface area contributed by atoms with Crippen LogP contribution in [-0.4, -0.2) is 36.4 Å². The van der Waals surface area contributed by atoms with Crippen LogP contribution >= 0.6 is 0 Å². The zero-order valence-electron chi connectivity index (χ0n) is 12.0. The predicted molar refractivity (Wildman–Crippen MR) is 78.0 cm³/mol. The third kappa shape index (κ3) is 3.27. The smallest absolute Gasteiger partial charge is 0.223 e. The lowest BCUT2D eigenvalue weighted by Crippen LogP contribution is -2.34. The van der Waals surface area contributed by atoms with Crippen molar-refractivity contribution in [1.82, 2.24) is 15.2 Å². The number of fused-ring (bicyclic) bond motifs is 1. The zero-order chi connectivity index (χ0) is 14.7. The molecule has 3 N–H and O–H groups in total. The number of aromatic nitrogens is 1. The van der Waals surface area contributed by atoms with Gasteiger partial charge in [0.2, 0.25) is 11.8 Å². The van der Waals surface area contributed by atoms with Gasteiger partial charge in [0.05, 0.1) is 6.54 Å². The number of nitrogens with zero attached hydrogens (tertiary/aromatic N) is 2. The molecule has 6 nitrogen and oxygen atoms in total. The zero-order valence-corrected chi connectivity index (χ0v) is 12.0. The molecule has 0 aliphatic heterocycles. The molecule has 0 spiro atoms. The Morgan fingerprint density at radius 1 is 1.55 bits per heavy atom. The van der Waals surface area contributed by atoms with Crippen LogP contribution in [0.4, 0.5) is 5.69 Å². The van der Waals surface area contributed by atoms with Crippen molar-refractivity contribution in [3.05, 3.63) is 24.1 Å². The SMILES string of the molecule is CNC(=O)C(C)CN(C)Cc1nc2ccc(N)cc2o1. The highest BCUT2D eigenvalue weighted by Crippen LogP contribution is 2.19. The first-order valence-corrected chi connectivity index (χ1v) is 6.54. The first kappa shape index (κ1) is 14.3. The average Bonchev–Trinajstić information content (AvgIpc) is 2.78. The molecule has 1 aromatic carbocycles. The standard InChI is InChI=1S/C14H20N4O2/c1-9(14(19)16-2)7-18(3)8-13-17-11-5-4-10(15)6-12(11)20-13/h4-6,9H,7-8,15H2,1-3H3,(H,16,19). The van der Waals surface area contributed by atoms with Gasteiger partial charge in [0.25, 0.3) is 0 Å². The number of nitrogen functional groups attached to an aromatic ring is 1. The lowest BCUT2D eigenvalue weighted by atomic mass is 10.1. The van der Waals surface area contributed by atoms with Crippen LogP contribution in [0.25, 0.3) is 11.1 Å². The van der Waals surface area contributed by atoms with Crippen molar-refractivity contribution in [1.29, 1.82) is 0 Å². The highest BCUT2D eigenvalue weighted by molar-refractivity contribution is 5.78. The fourth-order valence-electron chi connectivity index (χ4n) is 2.15. The normalized spacial score (nSPS) is 12.8. The quantitative estimate of drug-likeness (QED) is 0.802. The number of nitrogens with two attached hydrogens (primary N) is 1. The summed E-state index contributed by atoms with van der Waals surface area (Å²) < 4.78 is 5.65. The number of benzene rings is 1. The van der Waals surface area contributed by atoms with Gasteiger partial charge in [0.1, 0.15) is 5.52 Å². The van der Waals surface area contributed by atoms with Crippen LogP contribution in [0.2, 0.25) is 0 Å². The van der Waals surface area contributed by atoms with Crippen molar-refractivity contribution in [3.63, 3.8) is 0 Å². The second kappa shape index (κ2) is 5.92. The number of amides is 1. The molecule has 1 unspecified atom stereocenters. The van der Waals surface area contributed by atoms with Gasteiger partial charge in [0, 0.05) is 31.3 Å². The van der Waals surface area contributed by atoms with Gasteiger partial charge in [-0.1, -0.05) is 6.92 Å². The fraction of sp³-hybridized carbons (Fsp3) is 0.429. The van der Waals surface area contributed by atoms with Gasteiger partial charge < -0.3 is 15.5 Å². The van der Waals surface area contributed by atoms with E-state index < -0.39 is 0 Å². The molecule has 0 aliphatic carbocycles. The van der Waals surface area contributed by atoms with Crippen molar-refractivity contribution < 1.29 is 9.21 Å². The van der Waals surface area contributed by atoms with Crippen LogP contribution < -0.4 is 11.1 Å². The molecule has 0 saturated heterocycles. The van der Waals surface area contributed by atoms with E-state index >= 15 is 0 Å². The van der Waals surface area contributed by atoms with Crippen LogP contribution in [0.3, 0.4) is 0 Å². The molecule has 6 heteroatoms. The van der Waals surface area contributed by atoms with Crippen molar-refractivity contribution in [2.45, 2.75) is 13.5 Å². The number of hydrogen-bond acceptors (Lipinski definition) is 5. The fourth-order valence-corrected chi connectivity index (χ4v) is 2.15. The molecule has 20 heavy (non-hydrogen) atoms. The van der Waals surface area contributed by atoms with Crippen molar-refractivity contribution in [2.24, 2.45) is 5.92 Å². The molecule has 2 aromatic rings. The molecule has 1 amide bonds. The summed E-state index contributed by atoms with van der Waals surface area (Å²) in [5.41, 5.74) is 7.84. The number of carbonyl (C=O) groups excluding carboxylic acids is 1. The lowest BCUT2D eigenvalue weighted by Gasteiger charge is -2.18. The Morgan fingerprint density at radius 3 is 3.00 bits per heavy atom. The van der Waals surface area contributed by atoms with Gasteiger partial charge in [-0.2, -0.15) is 0 Å². The minimum atomic E-state index is -0.0787. The molecule has 0 fully saturated rings. The van der Waals surface area contributed by atoms with Crippen molar-refractivity contribution in [2.75, 3.05) is 26.4 Å². The summed E-state index contributed by atoms with van der Waals surface area (Å²) in [5, 5.41) is 2.64. The largest absolute Gasteiger partial charge is 0.439 e. The van der Waals surface area contributed by atoms with Crippen molar-refractivity contribution in [3.8, 4) is 0 Å². The predicted octanol–water partition coefficient (Wildman–Crippen LogP) is 1.22. The molecule has 1 atom stereocenters. The van der Waals surface area contributed by atoms with Crippen LogP contribution in [0.5, 0.6) is 0 Å². The van der Waals surface area contributed by atoms with E-state index in [9.17, 15) is 4.79 Å². The van der Waals surface area contributed by atoms with Crippen LogP contribution in [0, 0.1) is 5.92 Å². The Hall–Kier alpha value is -2.08. The number of carbonyl (C=O) groups is 1. The van der Waals surface area contributed by atoms with E-state index in [4.69, 9.17) is 10.2 Å². The molecular formula is C14H20N4O2. The van der Waals surface area contributed by atoms with E-state index in [0.29, 0.717) is 30.3 Å². The molecule has 0 aliphatic rings. The Kier molecular flexibility index (Phi) is 4.24. The molecule has 1 heterocycles. The first-order valence-electron chi connectivity index (χ1n) is 6.54. The number of nitrogens with one attached hydrogen (secondary N) is 1. The van der Waals surface area contributed by atoms with Gasteiger partial charge in [-0.05, 0) is 19.2 Å². The Morgan fingerprint density at radius 2 is 2.30 bits per heavy atom. The number of rotatable bonds is 5. The second-order valence-corrected chi connectivity index (χ2v) is 5.05. The maximum Gasteiger partial charge on any atom is 0.223 e. The topological polar surface area (TPSA) is 84.4 Å². The summed E-state index contributed by atoms with van der Waals surface area (Å²) in [5.74, 6) is 0.574. The molecule has 108 valence electrons. The Bertz CT molecular complexity index is 608. The number of hydrogen-bond donors (Lipinski definition) is 2. The number of anilines is 1. The summed E-state index contributed by atoms with van der Waals surface area (Å²) >= 11 is 0. The van der Waals surface area contributed by atoms with E-state index in [-0.39, 0.29) is 11.8 Å². The van der Waals surface area contributed by atoms with Gasteiger partial charge in [0.15, 0.2) is 5.58 Å². The first-order chi connectivity index (χ1) is 9.49. The summed E-state index contributed by atoms with van der Waals surface area (Å²) in [6.45, 7) is 3.08. The van der Waals surface area contributed by atoms with E-state index in [2.05, 4.69) is 10.3 Å². The maximum atomic E-state index is 11.5. The van der Waals surface area contributed by atoms with Crippen LogP contribution in [-0.2, 0) is 11.3 Å². The average molecular weight is 276 g/mol. The summed E-state index contributed by atoms with van der Waals surface area (Å²) in [6, 6.07) is 5.40. The Balaban J connectivity index is 2.02. The molecule has 2 rings (SSSR count). The Labute approximate surface area is 117 Å². The van der Waals surface area contributed by atoms with Gasteiger partial charge >= 0.3 is 0 Å². The summed E-state index contributed by atoms with van der Waals surface area (Å²) in [4.78, 5) is 17.9. The highest BCUT2D eigenvalue weighted by Gasteiger charge is 2.15. The minimum Gasteiger partial charge on any atom is -0.439 e. The number of oxazole rings is 1. The van der Waals surface area contributed by atoms with Crippen LogP contribution in [0.1, 0.15) is 12.8 Å². The highest BCUT2D eigenvalue weighted by atomic mass is 16.3. The third-order valence-electron chi connectivity index (χ3n) is 3.14. The van der Waals surface area contributed by atoms with E-state index in [1.165, 1.54) is 0 Å². The van der Waals surface area contributed by atoms with Gasteiger partial charge in [-0.15, -0.1) is 0 Å². The maximum absolute atomic E-state index is 11.5. The molecule has 1 aromatic heterocycles. The van der Waals surface area contributed by atoms with E-state index in [0.717, 1.165) is 5.52 Å². The molecule has 0 saturated carbocycles. The monoisotopic (exact) mass is 276 g/mol. The molecule has 0 bridgehead atoms. The van der Waals surface area contributed by atoms with Gasteiger partial charge in [-0.3, -0.25) is 9.69 Å². The molecule has 0 radical (unpaired) electrons. The van der Waals surface area contributed by atoms with E-state index in [1.807, 2.05) is 24.9 Å². The summed E-state index contributed by atoms with van der Waals surface area (Å²) in [7, 11) is 3.58. The minimum absolute atomic E-state index is 0.0298. The van der Waals surface area contributed by atoms with Crippen LogP contribution in [0.15, 0.2) is 22.6 Å². The lowest BCUT2D eigenvalue weighted by molar-refractivity contribution is -0.124. The summed E-state index contributed by atoms with van der Waals surface area (Å²) in [6.07, 6.45) is 0. The van der Waals surface area contributed by atoms with Crippen molar-refractivity contribution >= 4 is 22.7 Å². The second-order valence-electron chi connectivity index (χ2n) is 5.05. The molecular weight excluding hydrogens is 256 g/mol. The van der Waals surface area contributed by atoms with Gasteiger partial charge in [-0.25, -0.2) is 4.98 Å².